The summed E-state index contributed by atoms with van der Waals surface area (Å²) in [5.74, 6) is -2.29. The second-order valence-corrected chi connectivity index (χ2v) is 13.7. The Bertz CT molecular complexity index is 2050. The summed E-state index contributed by atoms with van der Waals surface area (Å²) in [5, 5.41) is 8.70. The molecule has 0 aliphatic carbocycles. The zero-order valence-electron chi connectivity index (χ0n) is 27.4. The van der Waals surface area contributed by atoms with Gasteiger partial charge in [0.05, 0.1) is 34.0 Å². The Labute approximate surface area is 290 Å². The number of carbonyl (C=O) groups is 2. The molecule has 0 spiro atoms. The van der Waals surface area contributed by atoms with Crippen LogP contribution in [0, 0.1) is 11.6 Å². The van der Waals surface area contributed by atoms with Crippen molar-refractivity contribution in [2.75, 3.05) is 42.0 Å². The third-order valence-corrected chi connectivity index (χ3v) is 9.30. The molecule has 1 unspecified atom stereocenters. The van der Waals surface area contributed by atoms with Crippen molar-refractivity contribution in [3.05, 3.63) is 89.6 Å². The van der Waals surface area contributed by atoms with Crippen molar-refractivity contribution in [3.63, 3.8) is 0 Å². The van der Waals surface area contributed by atoms with Crippen molar-refractivity contribution in [1.29, 1.82) is 0 Å². The minimum atomic E-state index is -4.73. The number of anilines is 4. The number of hydrogen-bond donors (Lipinski definition) is 3. The first-order chi connectivity index (χ1) is 24.2. The summed E-state index contributed by atoms with van der Waals surface area (Å²) in [4.78, 5) is 33.7. The van der Waals surface area contributed by atoms with Crippen LogP contribution in [-0.2, 0) is 36.6 Å². The van der Waals surface area contributed by atoms with Crippen molar-refractivity contribution in [1.82, 2.24) is 9.97 Å². The van der Waals surface area contributed by atoms with E-state index >= 15 is 4.39 Å². The van der Waals surface area contributed by atoms with Crippen molar-refractivity contribution in [2.45, 2.75) is 43.3 Å². The van der Waals surface area contributed by atoms with E-state index in [-0.39, 0.29) is 29.2 Å². The molecule has 1 aliphatic rings. The molecule has 2 heterocycles. The lowest BCUT2D eigenvalue weighted by Gasteiger charge is -2.25. The second kappa shape index (κ2) is 15.8. The molecule has 0 bridgehead atoms. The Morgan fingerprint density at radius 3 is 2.51 bits per heavy atom. The second-order valence-electron chi connectivity index (χ2n) is 11.5. The smallest absolute Gasteiger partial charge is 0.442 e. The maximum Gasteiger partial charge on any atom is 0.442 e. The van der Waals surface area contributed by atoms with Gasteiger partial charge < -0.3 is 25.4 Å². The monoisotopic (exact) mass is 732 g/mol. The quantitative estimate of drug-likeness (QED) is 0.141. The van der Waals surface area contributed by atoms with E-state index in [2.05, 4.69) is 30.3 Å². The average Bonchev–Trinajstić information content (AvgIpc) is 3.07. The maximum atomic E-state index is 15.4. The molecule has 1 saturated heterocycles. The predicted octanol–water partition coefficient (Wildman–Crippen LogP) is 7.57. The number of nitrogens with zero attached hydrogens (tertiary/aromatic N) is 3. The number of nitrogens with one attached hydrogen (secondary N) is 3. The molecule has 51 heavy (non-hydrogen) atoms. The zero-order valence-corrected chi connectivity index (χ0v) is 28.2. The van der Waals surface area contributed by atoms with Crippen LogP contribution >= 0.6 is 0 Å². The number of carbonyl (C=O) groups excluding carboxylic acids is 2. The Morgan fingerprint density at radius 1 is 1.04 bits per heavy atom. The molecule has 0 saturated carbocycles. The molecule has 2 amide bonds. The van der Waals surface area contributed by atoms with Gasteiger partial charge in [-0.2, -0.15) is 18.2 Å². The SMILES string of the molecule is CCOC(=O)N=S(C)(=O)c1cccc(Nc2ncc(-c3ccc(NC(=O)Cc4cc(C(F)(F)F)ccc4F)c(F)c3)c(NC3CCOCC3)n2)c1. The number of hydrogen-bond acceptors (Lipinski definition) is 9. The van der Waals surface area contributed by atoms with Crippen LogP contribution in [0.2, 0.25) is 0 Å². The minimum absolute atomic E-state index is 0.0301. The van der Waals surface area contributed by atoms with Gasteiger partial charge in [-0.1, -0.05) is 12.1 Å². The number of amides is 2. The van der Waals surface area contributed by atoms with Gasteiger partial charge in [-0.25, -0.2) is 22.8 Å². The van der Waals surface area contributed by atoms with Crippen LogP contribution in [0.15, 0.2) is 76.1 Å². The number of aromatic nitrogens is 2. The summed E-state index contributed by atoms with van der Waals surface area (Å²) in [6.45, 7) is 2.74. The molecule has 5 rings (SSSR count). The first-order valence-electron chi connectivity index (χ1n) is 15.6. The van der Waals surface area contributed by atoms with Crippen LogP contribution in [-0.4, -0.2) is 58.3 Å². The third kappa shape index (κ3) is 9.76. The van der Waals surface area contributed by atoms with Gasteiger partial charge in [-0.3, -0.25) is 4.79 Å². The summed E-state index contributed by atoms with van der Waals surface area (Å²) in [6, 6.07) is 12.0. The Balaban J connectivity index is 1.38. The lowest BCUT2D eigenvalue weighted by Crippen LogP contribution is -2.28. The standard InChI is InChI=1S/C34H33F5N6O5S/c1-3-50-33(47)45-51(2,48)25-6-4-5-24(18-25)42-32-40-19-26(31(44-32)41-23-11-13-49-14-12-23)20-7-10-29(28(36)16-20)43-30(46)17-21-15-22(34(37,38)39)8-9-27(21)35/h4-10,15-16,18-19,23H,3,11-14,17H2,1-2H3,(H,43,46)(H2,40,41,42,44). The maximum absolute atomic E-state index is 15.4. The van der Waals surface area contributed by atoms with Crippen molar-refractivity contribution >= 4 is 44.9 Å². The summed E-state index contributed by atoms with van der Waals surface area (Å²) >= 11 is 0. The molecule has 3 N–H and O–H groups in total. The fourth-order valence-electron chi connectivity index (χ4n) is 5.12. The molecule has 4 aromatic rings. The van der Waals surface area contributed by atoms with E-state index in [0.29, 0.717) is 66.9 Å². The first kappa shape index (κ1) is 37.1. The van der Waals surface area contributed by atoms with Crippen molar-refractivity contribution in [3.8, 4) is 11.1 Å². The van der Waals surface area contributed by atoms with Crippen molar-refractivity contribution < 1.29 is 45.2 Å². The van der Waals surface area contributed by atoms with Crippen LogP contribution in [0.25, 0.3) is 11.1 Å². The minimum Gasteiger partial charge on any atom is -0.448 e. The van der Waals surface area contributed by atoms with Crippen molar-refractivity contribution in [2.24, 2.45) is 4.36 Å². The molecular formula is C34H33F5N6O5S. The van der Waals surface area contributed by atoms with Crippen LogP contribution in [0.5, 0.6) is 0 Å². The summed E-state index contributed by atoms with van der Waals surface area (Å²) in [7, 11) is -3.13. The van der Waals surface area contributed by atoms with Gasteiger partial charge in [-0.15, -0.1) is 4.36 Å². The van der Waals surface area contributed by atoms with E-state index in [0.717, 1.165) is 6.07 Å². The van der Waals surface area contributed by atoms with Crippen LogP contribution in [0.4, 0.5) is 49.9 Å². The Morgan fingerprint density at radius 2 is 1.80 bits per heavy atom. The van der Waals surface area contributed by atoms with Crippen LogP contribution < -0.4 is 16.0 Å². The molecule has 17 heteroatoms. The number of rotatable bonds is 10. The van der Waals surface area contributed by atoms with E-state index in [1.807, 2.05) is 0 Å². The summed E-state index contributed by atoms with van der Waals surface area (Å²) in [6.07, 6.45) is -2.30. The molecular weight excluding hydrogens is 699 g/mol. The first-order valence-corrected chi connectivity index (χ1v) is 17.6. The van der Waals surface area contributed by atoms with Gasteiger partial charge in [0.15, 0.2) is 0 Å². The topological polar surface area (TPSA) is 144 Å². The number of ether oxygens (including phenoxy) is 2. The molecule has 270 valence electrons. The lowest BCUT2D eigenvalue weighted by atomic mass is 10.0. The van der Waals surface area contributed by atoms with Gasteiger partial charge in [-0.05, 0) is 79.4 Å². The number of alkyl halides is 3. The zero-order chi connectivity index (χ0) is 36.8. The Hall–Kier alpha value is -5.16. The highest BCUT2D eigenvalue weighted by atomic mass is 32.2. The highest BCUT2D eigenvalue weighted by molar-refractivity contribution is 7.93. The van der Waals surface area contributed by atoms with E-state index in [1.165, 1.54) is 30.7 Å². The van der Waals surface area contributed by atoms with E-state index in [4.69, 9.17) is 9.47 Å². The highest BCUT2D eigenvalue weighted by Crippen LogP contribution is 2.33. The van der Waals surface area contributed by atoms with E-state index < -0.39 is 57.1 Å². The summed E-state index contributed by atoms with van der Waals surface area (Å²) in [5.41, 5.74) is -0.677. The third-order valence-electron chi connectivity index (χ3n) is 7.67. The van der Waals surface area contributed by atoms with Gasteiger partial charge in [0.1, 0.15) is 17.5 Å². The van der Waals surface area contributed by atoms with E-state index in [9.17, 15) is 31.4 Å². The molecule has 1 atom stereocenters. The lowest BCUT2D eigenvalue weighted by molar-refractivity contribution is -0.137. The molecule has 1 fully saturated rings. The van der Waals surface area contributed by atoms with Gasteiger partial charge >= 0.3 is 12.3 Å². The normalized spacial score (nSPS) is 14.6. The highest BCUT2D eigenvalue weighted by Gasteiger charge is 2.31. The Kier molecular flexibility index (Phi) is 11.5. The van der Waals surface area contributed by atoms with E-state index in [1.54, 1.807) is 25.1 Å². The van der Waals surface area contributed by atoms with Gasteiger partial charge in [0.25, 0.3) is 0 Å². The average molecular weight is 733 g/mol. The number of halogens is 5. The summed E-state index contributed by atoms with van der Waals surface area (Å²) < 4.78 is 95.9. The molecule has 1 aliphatic heterocycles. The van der Waals surface area contributed by atoms with Crippen LogP contribution in [0.3, 0.4) is 0 Å². The molecule has 11 nitrogen and oxygen atoms in total. The fraction of sp³-hybridized carbons (Fsp3) is 0.294. The number of benzene rings is 3. The molecule has 1 aromatic heterocycles. The van der Waals surface area contributed by atoms with Gasteiger partial charge in [0.2, 0.25) is 11.9 Å². The molecule has 0 radical (unpaired) electrons. The fourth-order valence-corrected chi connectivity index (χ4v) is 6.24. The van der Waals surface area contributed by atoms with Gasteiger partial charge in [0, 0.05) is 47.9 Å². The van der Waals surface area contributed by atoms with Crippen LogP contribution in [0.1, 0.15) is 30.9 Å². The largest absolute Gasteiger partial charge is 0.448 e. The molecule has 3 aromatic carbocycles. The predicted molar refractivity (Wildman–Crippen MR) is 180 cm³/mol.